The quantitative estimate of drug-likeness (QED) is 0.776. The normalized spacial score (nSPS) is 14.9. The highest BCUT2D eigenvalue weighted by atomic mass is 35.5. The number of halogens is 1. The Kier molecular flexibility index (Phi) is 7.07. The molecular formula is C20H24ClN3O3S. The maximum absolute atomic E-state index is 12.9. The summed E-state index contributed by atoms with van der Waals surface area (Å²) in [5.74, 6) is -0.259. The first-order valence-corrected chi connectivity index (χ1v) is 10.4. The standard InChI is InChI=1S/C20H24ClN3O3S/c1-14-13-17(22-19(25)15-5-3-4-6-16(15)21)28-18(14)20(26)24-9-7-23(8-10-24)11-12-27-2/h3-6,13H,7-12H2,1-2H3,(H,22,25). The number of benzene rings is 1. The molecule has 150 valence electrons. The van der Waals surface area contributed by atoms with E-state index in [0.717, 1.165) is 25.2 Å². The van der Waals surface area contributed by atoms with E-state index in [9.17, 15) is 9.59 Å². The van der Waals surface area contributed by atoms with Gasteiger partial charge >= 0.3 is 0 Å². The van der Waals surface area contributed by atoms with Gasteiger partial charge in [-0.1, -0.05) is 23.7 Å². The average Bonchev–Trinajstić information content (AvgIpc) is 3.06. The van der Waals surface area contributed by atoms with Crippen LogP contribution in [0.5, 0.6) is 0 Å². The van der Waals surface area contributed by atoms with Crippen molar-refractivity contribution in [3.05, 3.63) is 51.4 Å². The molecule has 6 nitrogen and oxygen atoms in total. The van der Waals surface area contributed by atoms with Gasteiger partial charge in [-0.25, -0.2) is 0 Å². The number of anilines is 1. The summed E-state index contributed by atoms with van der Waals surface area (Å²) >= 11 is 7.39. The van der Waals surface area contributed by atoms with Crippen LogP contribution in [0.2, 0.25) is 5.02 Å². The summed E-state index contributed by atoms with van der Waals surface area (Å²) < 4.78 is 5.11. The van der Waals surface area contributed by atoms with Crippen molar-refractivity contribution in [1.29, 1.82) is 0 Å². The number of aryl methyl sites for hydroxylation is 1. The predicted octanol–water partition coefficient (Wildman–Crippen LogP) is 3.37. The molecular weight excluding hydrogens is 398 g/mol. The first kappa shape index (κ1) is 20.8. The minimum absolute atomic E-state index is 0.0205. The molecule has 1 aromatic heterocycles. The molecule has 1 N–H and O–H groups in total. The van der Waals surface area contributed by atoms with Gasteiger partial charge in [-0.05, 0) is 30.7 Å². The zero-order valence-electron chi connectivity index (χ0n) is 16.0. The van der Waals surface area contributed by atoms with E-state index in [1.54, 1.807) is 31.4 Å². The molecule has 3 rings (SSSR count). The van der Waals surface area contributed by atoms with E-state index >= 15 is 0 Å². The average molecular weight is 422 g/mol. The minimum Gasteiger partial charge on any atom is -0.383 e. The highest BCUT2D eigenvalue weighted by Gasteiger charge is 2.25. The number of nitrogens with zero attached hydrogens (tertiary/aromatic N) is 2. The SMILES string of the molecule is COCCN1CCN(C(=O)c2sc(NC(=O)c3ccccc3Cl)cc2C)CC1. The van der Waals surface area contributed by atoms with Crippen LogP contribution < -0.4 is 5.32 Å². The maximum Gasteiger partial charge on any atom is 0.264 e. The van der Waals surface area contributed by atoms with E-state index in [-0.39, 0.29) is 11.8 Å². The minimum atomic E-state index is -0.280. The van der Waals surface area contributed by atoms with E-state index < -0.39 is 0 Å². The third-order valence-electron chi connectivity index (χ3n) is 4.74. The Labute approximate surface area is 174 Å². The second kappa shape index (κ2) is 9.52. The molecule has 1 aliphatic rings. The van der Waals surface area contributed by atoms with Crippen molar-refractivity contribution in [3.8, 4) is 0 Å². The molecule has 28 heavy (non-hydrogen) atoms. The number of piperazine rings is 1. The molecule has 8 heteroatoms. The Hall–Kier alpha value is -1.93. The van der Waals surface area contributed by atoms with Gasteiger partial charge in [0.05, 0.1) is 27.1 Å². The first-order chi connectivity index (χ1) is 13.5. The molecule has 0 unspecified atom stereocenters. The third kappa shape index (κ3) is 4.91. The van der Waals surface area contributed by atoms with E-state index in [0.29, 0.717) is 40.2 Å². The van der Waals surface area contributed by atoms with Gasteiger partial charge in [-0.3, -0.25) is 14.5 Å². The van der Waals surface area contributed by atoms with Crippen LogP contribution in [0.25, 0.3) is 0 Å². The lowest BCUT2D eigenvalue weighted by Crippen LogP contribution is -2.49. The van der Waals surface area contributed by atoms with Crippen molar-refractivity contribution in [3.63, 3.8) is 0 Å². The summed E-state index contributed by atoms with van der Waals surface area (Å²) in [6.45, 7) is 6.55. The van der Waals surface area contributed by atoms with Crippen LogP contribution in [0, 0.1) is 6.92 Å². The Morgan fingerprint density at radius 2 is 1.93 bits per heavy atom. The zero-order valence-corrected chi connectivity index (χ0v) is 17.6. The summed E-state index contributed by atoms with van der Waals surface area (Å²) in [5, 5.41) is 3.89. The molecule has 2 heterocycles. The zero-order chi connectivity index (χ0) is 20.1. The molecule has 0 atom stereocenters. The van der Waals surface area contributed by atoms with Crippen molar-refractivity contribution in [2.75, 3.05) is 51.8 Å². The van der Waals surface area contributed by atoms with Gasteiger partial charge in [0.2, 0.25) is 0 Å². The number of methoxy groups -OCH3 is 1. The molecule has 0 spiro atoms. The Bertz CT molecular complexity index is 847. The second-order valence-corrected chi connectivity index (χ2v) is 8.14. The number of nitrogens with one attached hydrogen (secondary N) is 1. The second-order valence-electron chi connectivity index (χ2n) is 6.68. The molecule has 0 bridgehead atoms. The van der Waals surface area contributed by atoms with Gasteiger partial charge < -0.3 is 15.0 Å². The van der Waals surface area contributed by atoms with Crippen LogP contribution in [-0.2, 0) is 4.74 Å². The number of amides is 2. The van der Waals surface area contributed by atoms with Crippen LogP contribution in [0.1, 0.15) is 25.6 Å². The summed E-state index contributed by atoms with van der Waals surface area (Å²) in [4.78, 5) is 30.2. The lowest BCUT2D eigenvalue weighted by atomic mass is 10.2. The smallest absolute Gasteiger partial charge is 0.264 e. The van der Waals surface area contributed by atoms with E-state index in [4.69, 9.17) is 16.3 Å². The molecule has 1 aromatic carbocycles. The number of thiophene rings is 1. The van der Waals surface area contributed by atoms with Crippen LogP contribution >= 0.6 is 22.9 Å². The van der Waals surface area contributed by atoms with Gasteiger partial charge in [0.25, 0.3) is 11.8 Å². The summed E-state index contributed by atoms with van der Waals surface area (Å²) in [5.41, 5.74) is 1.28. The highest BCUT2D eigenvalue weighted by Crippen LogP contribution is 2.29. The molecule has 1 saturated heterocycles. The van der Waals surface area contributed by atoms with Crippen molar-refractivity contribution in [2.45, 2.75) is 6.92 Å². The van der Waals surface area contributed by atoms with Crippen LogP contribution in [-0.4, -0.2) is 68.1 Å². The Morgan fingerprint density at radius 3 is 2.61 bits per heavy atom. The van der Waals surface area contributed by atoms with Crippen LogP contribution in [0.15, 0.2) is 30.3 Å². The topological polar surface area (TPSA) is 61.9 Å². The number of carbonyl (C=O) groups is 2. The Balaban J connectivity index is 1.63. The molecule has 0 saturated carbocycles. The monoisotopic (exact) mass is 421 g/mol. The van der Waals surface area contributed by atoms with E-state index in [1.165, 1.54) is 11.3 Å². The van der Waals surface area contributed by atoms with Crippen molar-refractivity contribution in [2.24, 2.45) is 0 Å². The fourth-order valence-electron chi connectivity index (χ4n) is 3.12. The number of ether oxygens (including phenoxy) is 1. The van der Waals surface area contributed by atoms with Gasteiger partial charge in [0, 0.05) is 39.8 Å². The third-order valence-corrected chi connectivity index (χ3v) is 6.21. The molecule has 0 radical (unpaired) electrons. The van der Waals surface area contributed by atoms with E-state index in [2.05, 4.69) is 10.2 Å². The summed E-state index contributed by atoms with van der Waals surface area (Å²) in [6.07, 6.45) is 0. The largest absolute Gasteiger partial charge is 0.383 e. The highest BCUT2D eigenvalue weighted by molar-refractivity contribution is 7.18. The molecule has 1 fully saturated rings. The number of hydrogen-bond acceptors (Lipinski definition) is 5. The molecule has 2 amide bonds. The molecule has 2 aromatic rings. The number of carbonyl (C=O) groups excluding carboxylic acids is 2. The maximum atomic E-state index is 12.9. The number of rotatable bonds is 6. The number of hydrogen-bond donors (Lipinski definition) is 1. The molecule has 0 aliphatic carbocycles. The Morgan fingerprint density at radius 1 is 1.21 bits per heavy atom. The van der Waals surface area contributed by atoms with Crippen molar-refractivity contribution in [1.82, 2.24) is 9.80 Å². The van der Waals surface area contributed by atoms with Gasteiger partial charge in [-0.2, -0.15) is 0 Å². The summed E-state index contributed by atoms with van der Waals surface area (Å²) in [6, 6.07) is 8.73. The van der Waals surface area contributed by atoms with E-state index in [1.807, 2.05) is 17.9 Å². The van der Waals surface area contributed by atoms with Crippen LogP contribution in [0.4, 0.5) is 5.00 Å². The fraction of sp³-hybridized carbons (Fsp3) is 0.400. The summed E-state index contributed by atoms with van der Waals surface area (Å²) in [7, 11) is 1.70. The van der Waals surface area contributed by atoms with Crippen molar-refractivity contribution < 1.29 is 14.3 Å². The predicted molar refractivity (Wildman–Crippen MR) is 113 cm³/mol. The van der Waals surface area contributed by atoms with Gasteiger partial charge in [-0.15, -0.1) is 11.3 Å². The van der Waals surface area contributed by atoms with Crippen LogP contribution in [0.3, 0.4) is 0 Å². The fourth-order valence-corrected chi connectivity index (χ4v) is 4.38. The molecule has 1 aliphatic heterocycles. The lowest BCUT2D eigenvalue weighted by Gasteiger charge is -2.34. The first-order valence-electron chi connectivity index (χ1n) is 9.16. The van der Waals surface area contributed by atoms with Crippen molar-refractivity contribution >= 4 is 39.8 Å². The van der Waals surface area contributed by atoms with Gasteiger partial charge in [0.15, 0.2) is 0 Å². The van der Waals surface area contributed by atoms with Gasteiger partial charge in [0.1, 0.15) is 0 Å². The lowest BCUT2D eigenvalue weighted by molar-refractivity contribution is 0.0598.